The maximum absolute atomic E-state index is 12.0. The van der Waals surface area contributed by atoms with Gasteiger partial charge in [0.15, 0.2) is 5.82 Å². The van der Waals surface area contributed by atoms with E-state index in [9.17, 15) is 4.79 Å². The van der Waals surface area contributed by atoms with E-state index in [1.807, 2.05) is 6.07 Å². The van der Waals surface area contributed by atoms with Gasteiger partial charge in [-0.15, -0.1) is 0 Å². The maximum Gasteiger partial charge on any atom is 0.226 e. The Morgan fingerprint density at radius 3 is 2.77 bits per heavy atom. The normalized spacial score (nSPS) is 14.3. The van der Waals surface area contributed by atoms with Gasteiger partial charge in [0.05, 0.1) is 0 Å². The minimum atomic E-state index is -0.0213. The monoisotopic (exact) mass is 299 g/mol. The molecule has 1 aromatic heterocycles. The second-order valence-electron chi connectivity index (χ2n) is 5.81. The number of nitrogens with one attached hydrogen (secondary N) is 1. The van der Waals surface area contributed by atoms with Crippen molar-refractivity contribution >= 4 is 11.7 Å². The molecule has 0 saturated heterocycles. The fourth-order valence-electron chi connectivity index (χ4n) is 2.52. The highest BCUT2D eigenvalue weighted by molar-refractivity contribution is 5.89. The van der Waals surface area contributed by atoms with Crippen molar-refractivity contribution < 1.29 is 9.32 Å². The van der Waals surface area contributed by atoms with Crippen molar-refractivity contribution in [3.05, 3.63) is 47.7 Å². The fraction of sp³-hybridized carbons (Fsp3) is 0.412. The minimum absolute atomic E-state index is 0.0213. The molecule has 2 aromatic rings. The van der Waals surface area contributed by atoms with Gasteiger partial charge in [-0.05, 0) is 25.3 Å². The molecule has 1 aliphatic rings. The first-order valence-electron chi connectivity index (χ1n) is 7.72. The van der Waals surface area contributed by atoms with Gasteiger partial charge >= 0.3 is 0 Å². The van der Waals surface area contributed by atoms with E-state index in [0.29, 0.717) is 24.0 Å². The Bertz CT molecular complexity index is 620. The number of aromatic nitrogens is 1. The fourth-order valence-corrected chi connectivity index (χ4v) is 2.52. The molecule has 1 aliphatic carbocycles. The highest BCUT2D eigenvalue weighted by atomic mass is 16.5. The molecule has 0 radical (unpaired) electrons. The quantitative estimate of drug-likeness (QED) is 0.854. The first-order valence-corrected chi connectivity index (χ1v) is 7.72. The molecule has 0 spiro atoms. The maximum atomic E-state index is 12.0. The molecule has 3 rings (SSSR count). The van der Waals surface area contributed by atoms with E-state index in [1.165, 1.54) is 18.4 Å². The van der Waals surface area contributed by atoms with E-state index < -0.39 is 0 Å². The van der Waals surface area contributed by atoms with Crippen LogP contribution in [0.3, 0.4) is 0 Å². The number of aryl methyl sites for hydroxylation is 1. The van der Waals surface area contributed by atoms with Gasteiger partial charge in [-0.1, -0.05) is 35.5 Å². The van der Waals surface area contributed by atoms with Crippen LogP contribution >= 0.6 is 0 Å². The number of carbonyl (C=O) groups is 1. The lowest BCUT2D eigenvalue weighted by Gasteiger charge is -2.21. The van der Waals surface area contributed by atoms with Crippen LogP contribution in [0.4, 0.5) is 5.82 Å². The summed E-state index contributed by atoms with van der Waals surface area (Å²) in [6.45, 7) is 3.47. The predicted octanol–water partition coefficient (Wildman–Crippen LogP) is 2.98. The van der Waals surface area contributed by atoms with Crippen molar-refractivity contribution in [2.24, 2.45) is 0 Å². The Kier molecular flexibility index (Phi) is 4.53. The summed E-state index contributed by atoms with van der Waals surface area (Å²) in [5.74, 6) is 1.16. The van der Waals surface area contributed by atoms with Crippen LogP contribution < -0.4 is 5.32 Å². The van der Waals surface area contributed by atoms with Crippen LogP contribution in [0.15, 0.2) is 40.9 Å². The van der Waals surface area contributed by atoms with Crippen LogP contribution in [-0.4, -0.2) is 28.6 Å². The smallest absolute Gasteiger partial charge is 0.226 e. The van der Waals surface area contributed by atoms with Gasteiger partial charge in [0.25, 0.3) is 0 Å². The van der Waals surface area contributed by atoms with Crippen molar-refractivity contribution in [2.75, 3.05) is 11.9 Å². The molecule has 116 valence electrons. The zero-order chi connectivity index (χ0) is 15.4. The molecule has 5 nitrogen and oxygen atoms in total. The van der Waals surface area contributed by atoms with Crippen molar-refractivity contribution in [3.8, 4) is 0 Å². The van der Waals surface area contributed by atoms with Crippen LogP contribution in [0, 0.1) is 6.92 Å². The zero-order valence-corrected chi connectivity index (χ0v) is 12.8. The van der Waals surface area contributed by atoms with Crippen LogP contribution in [0.25, 0.3) is 0 Å². The first kappa shape index (κ1) is 14.8. The molecule has 1 N–H and O–H groups in total. The first-order chi connectivity index (χ1) is 10.7. The number of hydrogen-bond donors (Lipinski definition) is 1. The van der Waals surface area contributed by atoms with Gasteiger partial charge < -0.3 is 9.84 Å². The lowest BCUT2D eigenvalue weighted by atomic mass is 10.2. The average Bonchev–Trinajstić information content (AvgIpc) is 3.28. The lowest BCUT2D eigenvalue weighted by Crippen LogP contribution is -2.29. The molecular weight excluding hydrogens is 278 g/mol. The Morgan fingerprint density at radius 1 is 1.36 bits per heavy atom. The third-order valence-electron chi connectivity index (χ3n) is 3.81. The molecule has 22 heavy (non-hydrogen) atoms. The third kappa shape index (κ3) is 4.18. The van der Waals surface area contributed by atoms with Crippen LogP contribution in [0.2, 0.25) is 0 Å². The Labute approximate surface area is 130 Å². The summed E-state index contributed by atoms with van der Waals surface area (Å²) in [5.41, 5.74) is 1.29. The topological polar surface area (TPSA) is 58.4 Å². The number of nitrogens with zero attached hydrogens (tertiary/aromatic N) is 2. The zero-order valence-electron chi connectivity index (χ0n) is 12.8. The van der Waals surface area contributed by atoms with E-state index in [4.69, 9.17) is 4.52 Å². The Hall–Kier alpha value is -2.14. The molecule has 1 amide bonds. The SMILES string of the molecule is Cc1cc(NC(=O)CCN(Cc2ccccc2)C2CC2)no1. The highest BCUT2D eigenvalue weighted by Crippen LogP contribution is 2.28. The van der Waals surface area contributed by atoms with Crippen molar-refractivity contribution in [3.63, 3.8) is 0 Å². The Morgan fingerprint density at radius 2 is 2.14 bits per heavy atom. The molecule has 0 bridgehead atoms. The third-order valence-corrected chi connectivity index (χ3v) is 3.81. The molecule has 0 atom stereocenters. The van der Waals surface area contributed by atoms with Gasteiger partial charge in [0.2, 0.25) is 5.91 Å². The molecule has 1 fully saturated rings. The summed E-state index contributed by atoms with van der Waals surface area (Å²) >= 11 is 0. The summed E-state index contributed by atoms with van der Waals surface area (Å²) < 4.78 is 4.94. The van der Waals surface area contributed by atoms with Gasteiger partial charge in [0, 0.05) is 31.6 Å². The molecule has 1 aromatic carbocycles. The molecule has 0 aliphatic heterocycles. The van der Waals surface area contributed by atoms with Crippen molar-refractivity contribution in [1.82, 2.24) is 10.1 Å². The standard InChI is InChI=1S/C17H21N3O2/c1-13-11-16(19-22-13)18-17(21)9-10-20(15-7-8-15)12-14-5-3-2-4-6-14/h2-6,11,15H,7-10,12H2,1H3,(H,18,19,21). The highest BCUT2D eigenvalue weighted by Gasteiger charge is 2.29. The number of hydrogen-bond acceptors (Lipinski definition) is 4. The number of amides is 1. The summed E-state index contributed by atoms with van der Waals surface area (Å²) in [7, 11) is 0. The van der Waals surface area contributed by atoms with E-state index in [1.54, 1.807) is 13.0 Å². The molecule has 0 unspecified atom stereocenters. The largest absolute Gasteiger partial charge is 0.360 e. The molecular formula is C17H21N3O2. The van der Waals surface area contributed by atoms with Crippen LogP contribution in [-0.2, 0) is 11.3 Å². The van der Waals surface area contributed by atoms with E-state index in [-0.39, 0.29) is 5.91 Å². The van der Waals surface area contributed by atoms with E-state index in [0.717, 1.165) is 13.1 Å². The van der Waals surface area contributed by atoms with Crippen molar-refractivity contribution in [1.29, 1.82) is 0 Å². The van der Waals surface area contributed by atoms with Gasteiger partial charge in [-0.2, -0.15) is 0 Å². The number of benzene rings is 1. The summed E-state index contributed by atoms with van der Waals surface area (Å²) in [5, 5.41) is 6.55. The average molecular weight is 299 g/mol. The number of rotatable bonds is 7. The lowest BCUT2D eigenvalue weighted by molar-refractivity contribution is -0.116. The summed E-state index contributed by atoms with van der Waals surface area (Å²) in [6, 6.07) is 12.8. The second-order valence-corrected chi connectivity index (χ2v) is 5.81. The second kappa shape index (κ2) is 6.75. The van der Waals surface area contributed by atoms with Gasteiger partial charge in [-0.3, -0.25) is 9.69 Å². The van der Waals surface area contributed by atoms with Crippen LogP contribution in [0.5, 0.6) is 0 Å². The van der Waals surface area contributed by atoms with E-state index in [2.05, 4.69) is 39.6 Å². The molecule has 1 saturated carbocycles. The molecule has 1 heterocycles. The van der Waals surface area contributed by atoms with Gasteiger partial charge in [0.1, 0.15) is 5.76 Å². The predicted molar refractivity (Wildman–Crippen MR) is 84.4 cm³/mol. The van der Waals surface area contributed by atoms with Crippen LogP contribution in [0.1, 0.15) is 30.6 Å². The summed E-state index contributed by atoms with van der Waals surface area (Å²) in [4.78, 5) is 14.4. The Balaban J connectivity index is 1.50. The van der Waals surface area contributed by atoms with Crippen molar-refractivity contribution in [2.45, 2.75) is 38.8 Å². The van der Waals surface area contributed by atoms with Gasteiger partial charge in [-0.25, -0.2) is 0 Å². The number of anilines is 1. The molecule has 5 heteroatoms. The number of carbonyl (C=O) groups excluding carboxylic acids is 1. The minimum Gasteiger partial charge on any atom is -0.360 e. The van der Waals surface area contributed by atoms with E-state index >= 15 is 0 Å². The summed E-state index contributed by atoms with van der Waals surface area (Å²) in [6.07, 6.45) is 2.93.